The van der Waals surface area contributed by atoms with Crippen molar-refractivity contribution in [3.05, 3.63) is 29.8 Å². The Labute approximate surface area is 129 Å². The Morgan fingerprint density at radius 2 is 1.59 bits per heavy atom. The number of rotatable bonds is 3. The van der Waals surface area contributed by atoms with Gasteiger partial charge in [-0.1, -0.05) is 19.3 Å². The first-order chi connectivity index (χ1) is 10.6. The van der Waals surface area contributed by atoms with Gasteiger partial charge < -0.3 is 5.32 Å². The summed E-state index contributed by atoms with van der Waals surface area (Å²) in [6.45, 7) is 1.42. The van der Waals surface area contributed by atoms with Crippen molar-refractivity contribution in [1.29, 1.82) is 0 Å². The molecule has 1 fully saturated rings. The van der Waals surface area contributed by atoms with Crippen LogP contribution in [-0.4, -0.2) is 17.7 Å². The highest BCUT2D eigenvalue weighted by atomic mass is 16.2. The molecule has 0 saturated heterocycles. The molecule has 0 bridgehead atoms. The molecule has 0 unspecified atom stereocenters. The monoisotopic (exact) mass is 303 g/mol. The van der Waals surface area contributed by atoms with Gasteiger partial charge in [0, 0.05) is 24.1 Å². The number of carbonyl (C=O) groups excluding carboxylic acids is 3. The van der Waals surface area contributed by atoms with E-state index in [0.717, 1.165) is 25.7 Å². The van der Waals surface area contributed by atoms with Crippen LogP contribution in [0.3, 0.4) is 0 Å². The van der Waals surface area contributed by atoms with Crippen LogP contribution in [0.25, 0.3) is 0 Å². The van der Waals surface area contributed by atoms with Crippen molar-refractivity contribution in [2.24, 2.45) is 5.92 Å². The fraction of sp³-hybridized carbons (Fsp3) is 0.438. The first kappa shape index (κ1) is 16.0. The number of benzene rings is 1. The Morgan fingerprint density at radius 1 is 0.955 bits per heavy atom. The molecule has 1 aromatic carbocycles. The zero-order chi connectivity index (χ0) is 15.9. The Hall–Kier alpha value is -2.37. The summed E-state index contributed by atoms with van der Waals surface area (Å²) in [5, 5.41) is 2.62. The minimum absolute atomic E-state index is 0.00353. The number of hydrogen-bond donors (Lipinski definition) is 3. The van der Waals surface area contributed by atoms with Crippen LogP contribution in [0.15, 0.2) is 24.3 Å². The normalized spacial score (nSPS) is 15.0. The molecule has 6 heteroatoms. The lowest BCUT2D eigenvalue weighted by Crippen LogP contribution is -2.44. The summed E-state index contributed by atoms with van der Waals surface area (Å²) in [7, 11) is 0. The fourth-order valence-corrected chi connectivity index (χ4v) is 2.57. The number of nitrogens with one attached hydrogen (secondary N) is 3. The van der Waals surface area contributed by atoms with Crippen LogP contribution in [0.1, 0.15) is 49.4 Å². The van der Waals surface area contributed by atoms with Gasteiger partial charge in [-0.15, -0.1) is 0 Å². The maximum atomic E-state index is 12.0. The average molecular weight is 303 g/mol. The standard InChI is InChI=1S/C16H21N3O3/c1-11(20)17-14-9-7-13(8-10-14)16(22)19-18-15(21)12-5-3-2-4-6-12/h7-10,12H,2-6H2,1H3,(H,17,20)(H,18,21)(H,19,22). The van der Waals surface area contributed by atoms with Gasteiger partial charge in [0.05, 0.1) is 0 Å². The quantitative estimate of drug-likeness (QED) is 0.746. The number of amides is 3. The van der Waals surface area contributed by atoms with Gasteiger partial charge in [0.25, 0.3) is 5.91 Å². The number of carbonyl (C=O) groups is 3. The topological polar surface area (TPSA) is 87.3 Å². The van der Waals surface area contributed by atoms with Crippen LogP contribution >= 0.6 is 0 Å². The summed E-state index contributed by atoms with van der Waals surface area (Å²) in [6, 6.07) is 6.46. The molecule has 0 spiro atoms. The lowest BCUT2D eigenvalue weighted by atomic mass is 9.89. The summed E-state index contributed by atoms with van der Waals surface area (Å²) in [6.07, 6.45) is 5.07. The highest BCUT2D eigenvalue weighted by Crippen LogP contribution is 2.23. The predicted octanol–water partition coefficient (Wildman–Crippen LogP) is 1.99. The minimum Gasteiger partial charge on any atom is -0.326 e. The first-order valence-electron chi connectivity index (χ1n) is 7.54. The van der Waals surface area contributed by atoms with Crippen LogP contribution in [0.4, 0.5) is 5.69 Å². The van der Waals surface area contributed by atoms with Gasteiger partial charge >= 0.3 is 0 Å². The second kappa shape index (κ2) is 7.59. The lowest BCUT2D eigenvalue weighted by Gasteiger charge is -2.20. The molecule has 1 aliphatic carbocycles. The molecule has 0 radical (unpaired) electrons. The number of hydrogen-bond acceptors (Lipinski definition) is 3. The molecule has 6 nitrogen and oxygen atoms in total. The molecule has 0 heterocycles. The van der Waals surface area contributed by atoms with E-state index < -0.39 is 0 Å². The Balaban J connectivity index is 1.83. The van der Waals surface area contributed by atoms with Gasteiger partial charge in [-0.25, -0.2) is 0 Å². The van der Waals surface area contributed by atoms with Gasteiger partial charge in [-0.2, -0.15) is 0 Å². The lowest BCUT2D eigenvalue weighted by molar-refractivity contribution is -0.126. The average Bonchev–Trinajstić information content (AvgIpc) is 2.53. The molecular formula is C16H21N3O3. The van der Waals surface area contributed by atoms with Crippen molar-refractivity contribution in [1.82, 2.24) is 10.9 Å². The molecule has 1 saturated carbocycles. The third-order valence-electron chi connectivity index (χ3n) is 3.74. The van der Waals surface area contributed by atoms with Gasteiger partial charge in [0.2, 0.25) is 11.8 Å². The molecule has 1 aromatic rings. The third kappa shape index (κ3) is 4.58. The molecule has 0 aliphatic heterocycles. The van der Waals surface area contributed by atoms with Gasteiger partial charge in [-0.05, 0) is 37.1 Å². The van der Waals surface area contributed by atoms with Crippen LogP contribution in [0.5, 0.6) is 0 Å². The summed E-state index contributed by atoms with van der Waals surface area (Å²) < 4.78 is 0. The van der Waals surface area contributed by atoms with E-state index >= 15 is 0 Å². The molecule has 2 rings (SSSR count). The highest BCUT2D eigenvalue weighted by molar-refractivity contribution is 5.96. The first-order valence-corrected chi connectivity index (χ1v) is 7.54. The SMILES string of the molecule is CC(=O)Nc1ccc(C(=O)NNC(=O)C2CCCCC2)cc1. The summed E-state index contributed by atoms with van der Waals surface area (Å²) in [5.41, 5.74) is 5.96. The Morgan fingerprint density at radius 3 is 2.18 bits per heavy atom. The molecule has 22 heavy (non-hydrogen) atoms. The van der Waals surface area contributed by atoms with E-state index in [1.54, 1.807) is 24.3 Å². The molecule has 0 atom stereocenters. The van der Waals surface area contributed by atoms with E-state index in [1.165, 1.54) is 13.3 Å². The Bertz CT molecular complexity index is 548. The number of hydrazine groups is 1. The maximum Gasteiger partial charge on any atom is 0.269 e. The van der Waals surface area contributed by atoms with E-state index in [9.17, 15) is 14.4 Å². The third-order valence-corrected chi connectivity index (χ3v) is 3.74. The molecule has 3 amide bonds. The zero-order valence-corrected chi connectivity index (χ0v) is 12.6. The van der Waals surface area contributed by atoms with Gasteiger partial charge in [-0.3, -0.25) is 25.2 Å². The van der Waals surface area contributed by atoms with Gasteiger partial charge in [0.1, 0.15) is 0 Å². The zero-order valence-electron chi connectivity index (χ0n) is 12.6. The van der Waals surface area contributed by atoms with Crippen molar-refractivity contribution in [2.45, 2.75) is 39.0 Å². The van der Waals surface area contributed by atoms with E-state index in [2.05, 4.69) is 16.2 Å². The van der Waals surface area contributed by atoms with E-state index in [4.69, 9.17) is 0 Å². The predicted molar refractivity (Wildman–Crippen MR) is 82.9 cm³/mol. The largest absolute Gasteiger partial charge is 0.326 e. The van der Waals surface area contributed by atoms with E-state index in [-0.39, 0.29) is 23.6 Å². The van der Waals surface area contributed by atoms with Crippen molar-refractivity contribution in [3.63, 3.8) is 0 Å². The summed E-state index contributed by atoms with van der Waals surface area (Å²) in [4.78, 5) is 34.8. The second-order valence-corrected chi connectivity index (χ2v) is 5.54. The summed E-state index contributed by atoms with van der Waals surface area (Å²) >= 11 is 0. The molecule has 3 N–H and O–H groups in total. The van der Waals surface area contributed by atoms with Crippen molar-refractivity contribution >= 4 is 23.4 Å². The maximum absolute atomic E-state index is 12.0. The Kier molecular flexibility index (Phi) is 5.52. The second-order valence-electron chi connectivity index (χ2n) is 5.54. The van der Waals surface area contributed by atoms with Crippen LogP contribution in [-0.2, 0) is 9.59 Å². The van der Waals surface area contributed by atoms with Crippen molar-refractivity contribution < 1.29 is 14.4 Å². The van der Waals surface area contributed by atoms with E-state index in [0.29, 0.717) is 11.3 Å². The highest BCUT2D eigenvalue weighted by Gasteiger charge is 2.21. The molecule has 1 aliphatic rings. The molecule has 0 aromatic heterocycles. The van der Waals surface area contributed by atoms with Crippen molar-refractivity contribution in [2.75, 3.05) is 5.32 Å². The van der Waals surface area contributed by atoms with Crippen molar-refractivity contribution in [3.8, 4) is 0 Å². The summed E-state index contributed by atoms with van der Waals surface area (Å²) in [5.74, 6) is -0.672. The van der Waals surface area contributed by atoms with Gasteiger partial charge in [0.15, 0.2) is 0 Å². The molecule has 118 valence electrons. The van der Waals surface area contributed by atoms with Crippen LogP contribution in [0, 0.1) is 5.92 Å². The van der Waals surface area contributed by atoms with E-state index in [1.807, 2.05) is 0 Å². The smallest absolute Gasteiger partial charge is 0.269 e. The number of anilines is 1. The minimum atomic E-state index is -0.376. The molecular weight excluding hydrogens is 282 g/mol. The van der Waals surface area contributed by atoms with Crippen LogP contribution < -0.4 is 16.2 Å². The van der Waals surface area contributed by atoms with Crippen LogP contribution in [0.2, 0.25) is 0 Å². The fourth-order valence-electron chi connectivity index (χ4n) is 2.57.